The highest BCUT2D eigenvalue weighted by atomic mass is 35.5. The SMILES string of the molecule is O=C1C2CC3OC3CC2C(=O)N1CCCCl. The fourth-order valence-electron chi connectivity index (χ4n) is 2.92. The van der Waals surface area contributed by atoms with Crippen LogP contribution in [0.5, 0.6) is 0 Å². The standard InChI is InChI=1S/C11H14ClNO3/c12-2-1-3-13-10(14)6-4-8-9(16-8)5-7(6)11(13)15/h6-9H,1-5H2. The number of carbonyl (C=O) groups excluding carboxylic acids is 2. The van der Waals surface area contributed by atoms with Crippen molar-refractivity contribution in [1.82, 2.24) is 4.90 Å². The first-order chi connectivity index (χ1) is 7.72. The highest BCUT2D eigenvalue weighted by Gasteiger charge is 2.58. The van der Waals surface area contributed by atoms with Crippen LogP contribution in [0.15, 0.2) is 0 Å². The van der Waals surface area contributed by atoms with Crippen molar-refractivity contribution in [3.63, 3.8) is 0 Å². The Morgan fingerprint density at radius 3 is 2.25 bits per heavy atom. The molecule has 0 spiro atoms. The molecule has 0 aromatic heterocycles. The van der Waals surface area contributed by atoms with Crippen molar-refractivity contribution in [1.29, 1.82) is 0 Å². The zero-order valence-electron chi connectivity index (χ0n) is 8.89. The summed E-state index contributed by atoms with van der Waals surface area (Å²) in [6.45, 7) is 0.477. The summed E-state index contributed by atoms with van der Waals surface area (Å²) in [7, 11) is 0. The Kier molecular flexibility index (Phi) is 2.44. The topological polar surface area (TPSA) is 49.9 Å². The summed E-state index contributed by atoms with van der Waals surface area (Å²) in [6.07, 6.45) is 2.63. The quantitative estimate of drug-likeness (QED) is 0.418. The van der Waals surface area contributed by atoms with Gasteiger partial charge in [-0.3, -0.25) is 14.5 Å². The Hall–Kier alpha value is -0.610. The Bertz CT molecular complexity index is 318. The normalized spacial score (nSPS) is 40.9. The van der Waals surface area contributed by atoms with Gasteiger partial charge in [-0.2, -0.15) is 0 Å². The number of hydrogen-bond donors (Lipinski definition) is 0. The van der Waals surface area contributed by atoms with Gasteiger partial charge in [0.05, 0.1) is 24.0 Å². The maximum Gasteiger partial charge on any atom is 0.233 e. The smallest absolute Gasteiger partial charge is 0.233 e. The molecule has 3 rings (SSSR count). The summed E-state index contributed by atoms with van der Waals surface area (Å²) >= 11 is 5.59. The summed E-state index contributed by atoms with van der Waals surface area (Å²) in [5.41, 5.74) is 0. The predicted octanol–water partition coefficient (Wildman–Crippen LogP) is 0.778. The van der Waals surface area contributed by atoms with Gasteiger partial charge < -0.3 is 4.74 Å². The van der Waals surface area contributed by atoms with Gasteiger partial charge in [0.1, 0.15) is 0 Å². The molecule has 3 fully saturated rings. The average molecular weight is 244 g/mol. The molecular formula is C11H14ClNO3. The Morgan fingerprint density at radius 2 is 1.75 bits per heavy atom. The van der Waals surface area contributed by atoms with Crippen molar-refractivity contribution in [2.75, 3.05) is 12.4 Å². The molecule has 0 aromatic carbocycles. The molecular weight excluding hydrogens is 230 g/mol. The minimum Gasteiger partial charge on any atom is -0.370 e. The molecule has 4 atom stereocenters. The van der Waals surface area contributed by atoms with E-state index in [0.717, 1.165) is 12.8 Å². The molecule has 0 N–H and O–H groups in total. The molecule has 2 heterocycles. The number of fused-ring (bicyclic) bond motifs is 2. The molecule has 1 aliphatic carbocycles. The molecule has 4 unspecified atom stereocenters. The second kappa shape index (κ2) is 3.70. The van der Waals surface area contributed by atoms with Crippen LogP contribution in [0.4, 0.5) is 0 Å². The van der Waals surface area contributed by atoms with E-state index in [-0.39, 0.29) is 35.9 Å². The van der Waals surface area contributed by atoms with Crippen LogP contribution in [0.1, 0.15) is 19.3 Å². The van der Waals surface area contributed by atoms with Crippen LogP contribution in [0.2, 0.25) is 0 Å². The van der Waals surface area contributed by atoms with Crippen molar-refractivity contribution in [2.45, 2.75) is 31.5 Å². The lowest BCUT2D eigenvalue weighted by Gasteiger charge is -2.16. The number of carbonyl (C=O) groups is 2. The summed E-state index contributed by atoms with van der Waals surface area (Å²) in [6, 6.07) is 0. The van der Waals surface area contributed by atoms with Crippen molar-refractivity contribution < 1.29 is 14.3 Å². The lowest BCUT2D eigenvalue weighted by Crippen LogP contribution is -2.32. The summed E-state index contributed by atoms with van der Waals surface area (Å²) in [5.74, 6) is 0.238. The highest BCUT2D eigenvalue weighted by Crippen LogP contribution is 2.46. The number of ether oxygens (including phenoxy) is 1. The van der Waals surface area contributed by atoms with Crippen molar-refractivity contribution in [2.24, 2.45) is 11.8 Å². The van der Waals surface area contributed by atoms with Gasteiger partial charge in [0.2, 0.25) is 11.8 Å². The summed E-state index contributed by atoms with van der Waals surface area (Å²) < 4.78 is 5.38. The first-order valence-corrected chi connectivity index (χ1v) is 6.32. The second-order valence-corrected chi connectivity index (χ2v) is 5.15. The molecule has 88 valence electrons. The molecule has 1 saturated carbocycles. The van der Waals surface area contributed by atoms with Crippen molar-refractivity contribution in [3.8, 4) is 0 Å². The minimum absolute atomic E-state index is 0.00549. The number of alkyl halides is 1. The van der Waals surface area contributed by atoms with Crippen LogP contribution >= 0.6 is 11.6 Å². The van der Waals surface area contributed by atoms with Crippen molar-refractivity contribution in [3.05, 3.63) is 0 Å². The monoisotopic (exact) mass is 243 g/mol. The number of imide groups is 1. The molecule has 3 aliphatic rings. The molecule has 2 amide bonds. The van der Waals surface area contributed by atoms with Gasteiger partial charge in [0.25, 0.3) is 0 Å². The molecule has 0 aromatic rings. The number of amides is 2. The zero-order chi connectivity index (χ0) is 11.3. The number of rotatable bonds is 3. The molecule has 2 aliphatic heterocycles. The Morgan fingerprint density at radius 1 is 1.19 bits per heavy atom. The van der Waals surface area contributed by atoms with Crippen LogP contribution in [0.25, 0.3) is 0 Å². The number of likely N-dealkylation sites (tertiary alicyclic amines) is 1. The van der Waals surface area contributed by atoms with Crippen LogP contribution in [0, 0.1) is 11.8 Å². The van der Waals surface area contributed by atoms with Gasteiger partial charge in [-0.1, -0.05) is 0 Å². The van der Waals surface area contributed by atoms with Crippen LogP contribution in [-0.4, -0.2) is 41.3 Å². The Balaban J connectivity index is 1.74. The lowest BCUT2D eigenvalue weighted by molar-refractivity contribution is -0.140. The third-order valence-corrected chi connectivity index (χ3v) is 4.09. The highest BCUT2D eigenvalue weighted by molar-refractivity contribution is 6.17. The number of halogens is 1. The molecule has 4 nitrogen and oxygen atoms in total. The third kappa shape index (κ3) is 1.47. The molecule has 5 heteroatoms. The van der Waals surface area contributed by atoms with Crippen LogP contribution in [0.3, 0.4) is 0 Å². The van der Waals surface area contributed by atoms with Gasteiger partial charge in [0.15, 0.2) is 0 Å². The van der Waals surface area contributed by atoms with Crippen molar-refractivity contribution >= 4 is 23.4 Å². The van der Waals surface area contributed by atoms with Gasteiger partial charge >= 0.3 is 0 Å². The molecule has 2 saturated heterocycles. The Labute approximate surface area is 98.9 Å². The second-order valence-electron chi connectivity index (χ2n) is 4.77. The predicted molar refractivity (Wildman–Crippen MR) is 56.9 cm³/mol. The number of nitrogens with zero attached hydrogens (tertiary/aromatic N) is 1. The fraction of sp³-hybridized carbons (Fsp3) is 0.818. The van der Waals surface area contributed by atoms with E-state index in [0.29, 0.717) is 18.8 Å². The molecule has 16 heavy (non-hydrogen) atoms. The largest absolute Gasteiger partial charge is 0.370 e. The third-order valence-electron chi connectivity index (χ3n) is 3.83. The minimum atomic E-state index is -0.119. The fourth-order valence-corrected chi connectivity index (χ4v) is 3.04. The van der Waals surface area contributed by atoms with Gasteiger partial charge in [-0.25, -0.2) is 0 Å². The van der Waals surface area contributed by atoms with Gasteiger partial charge in [-0.15, -0.1) is 11.6 Å². The molecule has 0 radical (unpaired) electrons. The van der Waals surface area contributed by atoms with E-state index in [1.165, 1.54) is 4.90 Å². The maximum atomic E-state index is 12.0. The van der Waals surface area contributed by atoms with Crippen LogP contribution < -0.4 is 0 Å². The van der Waals surface area contributed by atoms with E-state index in [1.807, 2.05) is 0 Å². The van der Waals surface area contributed by atoms with E-state index in [4.69, 9.17) is 16.3 Å². The molecule has 0 bridgehead atoms. The van der Waals surface area contributed by atoms with Crippen LogP contribution in [-0.2, 0) is 14.3 Å². The van der Waals surface area contributed by atoms with E-state index in [2.05, 4.69) is 0 Å². The van der Waals surface area contributed by atoms with Gasteiger partial charge in [-0.05, 0) is 19.3 Å². The van der Waals surface area contributed by atoms with E-state index in [9.17, 15) is 9.59 Å². The van der Waals surface area contributed by atoms with Gasteiger partial charge in [0, 0.05) is 12.4 Å². The van der Waals surface area contributed by atoms with E-state index in [1.54, 1.807) is 0 Å². The summed E-state index contributed by atoms with van der Waals surface area (Å²) in [5, 5.41) is 0. The van der Waals surface area contributed by atoms with E-state index >= 15 is 0 Å². The first-order valence-electron chi connectivity index (χ1n) is 5.79. The summed E-state index contributed by atoms with van der Waals surface area (Å²) in [4.78, 5) is 25.5. The lowest BCUT2D eigenvalue weighted by atomic mass is 9.81. The number of epoxide rings is 1. The average Bonchev–Trinajstić information content (AvgIpc) is 3.00. The van der Waals surface area contributed by atoms with E-state index < -0.39 is 0 Å². The number of hydrogen-bond acceptors (Lipinski definition) is 3. The zero-order valence-corrected chi connectivity index (χ0v) is 9.65. The first kappa shape index (κ1) is 10.5. The maximum absolute atomic E-state index is 12.0.